The van der Waals surface area contributed by atoms with Gasteiger partial charge in [-0.25, -0.2) is 0 Å². The maximum atomic E-state index is 13.8. The molecule has 0 bridgehead atoms. The molecule has 31 heavy (non-hydrogen) atoms. The molecule has 4 aliphatic rings. The summed E-state index contributed by atoms with van der Waals surface area (Å²) < 4.78 is 5.31. The molecule has 0 saturated heterocycles. The van der Waals surface area contributed by atoms with E-state index in [9.17, 15) is 9.59 Å². The molecule has 0 amide bonds. The average molecular weight is 429 g/mol. The Labute approximate surface area is 189 Å². The summed E-state index contributed by atoms with van der Waals surface area (Å²) in [5.74, 6) is 1.83. The molecule has 6 unspecified atom stereocenters. The van der Waals surface area contributed by atoms with E-state index in [0.717, 1.165) is 31.6 Å². The number of esters is 1. The normalized spacial score (nSPS) is 47.7. The van der Waals surface area contributed by atoms with Crippen LogP contribution in [0.5, 0.6) is 0 Å². The SMILES string of the molecule is C=CC12CCC3C(CC[C@]4(C)C(=O)C(C(=O)OCC)CCCC34)C1(C)CCC[C@H](C)C2. The van der Waals surface area contributed by atoms with E-state index in [1.54, 1.807) is 0 Å². The number of Topliss-reactive ketones (excluding diaryl/α,β-unsaturated/α-hetero) is 1. The molecule has 4 saturated carbocycles. The van der Waals surface area contributed by atoms with Gasteiger partial charge < -0.3 is 4.74 Å². The van der Waals surface area contributed by atoms with Crippen LogP contribution in [0, 0.1) is 45.8 Å². The van der Waals surface area contributed by atoms with Crippen LogP contribution in [0.15, 0.2) is 12.7 Å². The lowest BCUT2D eigenvalue weighted by Gasteiger charge is -2.63. The van der Waals surface area contributed by atoms with Crippen molar-refractivity contribution in [3.63, 3.8) is 0 Å². The summed E-state index contributed by atoms with van der Waals surface area (Å²) in [6, 6.07) is 0. The predicted molar refractivity (Wildman–Crippen MR) is 124 cm³/mol. The first kappa shape index (κ1) is 23.1. The molecule has 4 fully saturated rings. The van der Waals surface area contributed by atoms with Gasteiger partial charge in [-0.05, 0) is 92.8 Å². The molecule has 0 radical (unpaired) electrons. The fourth-order valence-electron chi connectivity index (χ4n) is 8.99. The van der Waals surface area contributed by atoms with E-state index in [1.165, 1.54) is 38.5 Å². The van der Waals surface area contributed by atoms with E-state index < -0.39 is 5.92 Å². The van der Waals surface area contributed by atoms with E-state index in [2.05, 4.69) is 33.4 Å². The third kappa shape index (κ3) is 3.44. The van der Waals surface area contributed by atoms with Crippen LogP contribution in [-0.4, -0.2) is 18.4 Å². The average Bonchev–Trinajstić information content (AvgIpc) is 2.96. The third-order valence-electron chi connectivity index (χ3n) is 10.7. The molecule has 0 aromatic rings. The van der Waals surface area contributed by atoms with Crippen LogP contribution >= 0.6 is 0 Å². The summed E-state index contributed by atoms with van der Waals surface area (Å²) in [7, 11) is 0. The van der Waals surface area contributed by atoms with Gasteiger partial charge >= 0.3 is 5.97 Å². The molecule has 3 nitrogen and oxygen atoms in total. The molecule has 0 aromatic heterocycles. The van der Waals surface area contributed by atoms with Crippen molar-refractivity contribution in [2.75, 3.05) is 6.61 Å². The molecule has 0 aliphatic heterocycles. The zero-order valence-corrected chi connectivity index (χ0v) is 20.4. The first-order valence-corrected chi connectivity index (χ1v) is 13.1. The van der Waals surface area contributed by atoms with Crippen molar-refractivity contribution in [3.8, 4) is 0 Å². The molecule has 0 N–H and O–H groups in total. The smallest absolute Gasteiger partial charge is 0.316 e. The molecule has 174 valence electrons. The number of hydrogen-bond donors (Lipinski definition) is 0. The highest BCUT2D eigenvalue weighted by atomic mass is 16.5. The molecule has 8 atom stereocenters. The molecule has 0 spiro atoms. The molecule has 3 heteroatoms. The van der Waals surface area contributed by atoms with E-state index in [-0.39, 0.29) is 22.6 Å². The fourth-order valence-corrected chi connectivity index (χ4v) is 8.99. The summed E-state index contributed by atoms with van der Waals surface area (Å²) in [4.78, 5) is 26.4. The van der Waals surface area contributed by atoms with Crippen molar-refractivity contribution < 1.29 is 14.3 Å². The third-order valence-corrected chi connectivity index (χ3v) is 10.7. The Morgan fingerprint density at radius 1 is 1.06 bits per heavy atom. The van der Waals surface area contributed by atoms with Gasteiger partial charge in [0, 0.05) is 5.41 Å². The first-order valence-electron chi connectivity index (χ1n) is 13.1. The van der Waals surface area contributed by atoms with E-state index in [4.69, 9.17) is 4.74 Å². The predicted octanol–water partition coefficient (Wildman–Crippen LogP) is 6.75. The van der Waals surface area contributed by atoms with Crippen molar-refractivity contribution in [1.29, 1.82) is 0 Å². The minimum atomic E-state index is -0.545. The largest absolute Gasteiger partial charge is 0.465 e. The zero-order chi connectivity index (χ0) is 22.4. The standard InChI is InChI=1S/C28H44O3/c1-6-28-17-13-20-22-12-8-11-21(25(30)31-7-2)24(29)26(22,4)16-14-23(20)27(28,5)15-9-10-19(3)18-28/h6,19-23H,1,7-18H2,2-5H3/t19-,20?,21?,22?,23?,26-,27?,28?/m0/s1. The van der Waals surface area contributed by atoms with Gasteiger partial charge in [0.15, 0.2) is 5.78 Å². The monoisotopic (exact) mass is 428 g/mol. The lowest BCUT2D eigenvalue weighted by molar-refractivity contribution is -0.162. The van der Waals surface area contributed by atoms with Gasteiger partial charge in [0.2, 0.25) is 0 Å². The highest BCUT2D eigenvalue weighted by molar-refractivity contribution is 6.02. The van der Waals surface area contributed by atoms with Crippen LogP contribution in [0.3, 0.4) is 0 Å². The molecular formula is C28H44O3. The molecule has 4 aliphatic carbocycles. The number of carbonyl (C=O) groups is 2. The van der Waals surface area contributed by atoms with Gasteiger partial charge in [0.25, 0.3) is 0 Å². The lowest BCUT2D eigenvalue weighted by Crippen LogP contribution is -2.57. The second-order valence-electron chi connectivity index (χ2n) is 12.0. The van der Waals surface area contributed by atoms with Crippen molar-refractivity contribution in [3.05, 3.63) is 12.7 Å². The highest BCUT2D eigenvalue weighted by Gasteiger charge is 2.63. The Bertz CT molecular complexity index is 728. The van der Waals surface area contributed by atoms with Gasteiger partial charge in [0.05, 0.1) is 6.61 Å². The van der Waals surface area contributed by atoms with Crippen molar-refractivity contribution in [2.24, 2.45) is 45.8 Å². The van der Waals surface area contributed by atoms with E-state index >= 15 is 0 Å². The fraction of sp³-hybridized carbons (Fsp3) is 0.857. The van der Waals surface area contributed by atoms with Gasteiger partial charge in [-0.2, -0.15) is 0 Å². The second kappa shape index (κ2) is 8.34. The Hall–Kier alpha value is -1.12. The minimum absolute atomic E-state index is 0.187. The number of hydrogen-bond acceptors (Lipinski definition) is 3. The van der Waals surface area contributed by atoms with Crippen molar-refractivity contribution >= 4 is 11.8 Å². The Morgan fingerprint density at radius 2 is 1.84 bits per heavy atom. The molecule has 0 aromatic carbocycles. The van der Waals surface area contributed by atoms with Gasteiger partial charge in [-0.3, -0.25) is 9.59 Å². The summed E-state index contributed by atoms with van der Waals surface area (Å²) in [5.41, 5.74) is 0.178. The highest BCUT2D eigenvalue weighted by Crippen LogP contribution is 2.69. The number of fused-ring (bicyclic) bond motifs is 5. The quantitative estimate of drug-likeness (QED) is 0.284. The number of carbonyl (C=O) groups excluding carboxylic acids is 2. The maximum Gasteiger partial charge on any atom is 0.316 e. The van der Waals surface area contributed by atoms with Crippen LogP contribution in [0.1, 0.15) is 98.3 Å². The van der Waals surface area contributed by atoms with E-state index in [1.807, 2.05) is 6.92 Å². The summed E-state index contributed by atoms with van der Waals surface area (Å²) in [5, 5.41) is 0. The topological polar surface area (TPSA) is 43.4 Å². The number of rotatable bonds is 3. The maximum absolute atomic E-state index is 13.8. The second-order valence-corrected chi connectivity index (χ2v) is 12.0. The first-order chi connectivity index (χ1) is 14.7. The number of ether oxygens (including phenoxy) is 1. The van der Waals surface area contributed by atoms with Crippen LogP contribution in [0.25, 0.3) is 0 Å². The van der Waals surface area contributed by atoms with E-state index in [0.29, 0.717) is 36.2 Å². The summed E-state index contributed by atoms with van der Waals surface area (Å²) in [6.07, 6.45) is 14.8. The molecular weight excluding hydrogens is 384 g/mol. The van der Waals surface area contributed by atoms with Crippen LogP contribution in [-0.2, 0) is 14.3 Å². The Kier molecular flexibility index (Phi) is 6.20. The van der Waals surface area contributed by atoms with Crippen LogP contribution in [0.4, 0.5) is 0 Å². The molecule has 0 heterocycles. The van der Waals surface area contributed by atoms with Crippen LogP contribution in [0.2, 0.25) is 0 Å². The summed E-state index contributed by atoms with van der Waals surface area (Å²) >= 11 is 0. The molecule has 4 rings (SSSR count). The number of allylic oxidation sites excluding steroid dienone is 1. The Balaban J connectivity index is 1.66. The van der Waals surface area contributed by atoms with Gasteiger partial charge in [-0.1, -0.05) is 46.1 Å². The van der Waals surface area contributed by atoms with Gasteiger partial charge in [-0.15, -0.1) is 6.58 Å². The van der Waals surface area contributed by atoms with Crippen molar-refractivity contribution in [2.45, 2.75) is 98.3 Å². The van der Waals surface area contributed by atoms with Crippen molar-refractivity contribution in [1.82, 2.24) is 0 Å². The number of ketones is 1. The lowest BCUT2D eigenvalue weighted by atomic mass is 9.41. The summed E-state index contributed by atoms with van der Waals surface area (Å²) in [6.45, 7) is 13.8. The zero-order valence-electron chi connectivity index (χ0n) is 20.4. The van der Waals surface area contributed by atoms with Crippen LogP contribution < -0.4 is 0 Å². The Morgan fingerprint density at radius 3 is 2.55 bits per heavy atom. The minimum Gasteiger partial charge on any atom is -0.465 e. The van der Waals surface area contributed by atoms with Gasteiger partial charge in [0.1, 0.15) is 5.92 Å².